The van der Waals surface area contributed by atoms with Crippen molar-refractivity contribution in [3.8, 4) is 0 Å². The Morgan fingerprint density at radius 2 is 2.24 bits per heavy atom. The van der Waals surface area contributed by atoms with E-state index in [2.05, 4.69) is 22.1 Å². The molecule has 1 aromatic heterocycles. The van der Waals surface area contributed by atoms with Crippen LogP contribution in [-0.4, -0.2) is 36.1 Å². The Balaban J connectivity index is 1.67. The molecule has 2 aliphatic rings. The van der Waals surface area contributed by atoms with Crippen LogP contribution >= 0.6 is 11.3 Å². The molecule has 116 valence electrons. The number of thiazole rings is 1. The van der Waals surface area contributed by atoms with E-state index in [1.54, 1.807) is 0 Å². The van der Waals surface area contributed by atoms with E-state index in [-0.39, 0.29) is 11.9 Å². The summed E-state index contributed by atoms with van der Waals surface area (Å²) in [4.78, 5) is 19.3. The lowest BCUT2D eigenvalue weighted by Crippen LogP contribution is -2.43. The molecule has 0 spiro atoms. The number of anilines is 2. The quantitative estimate of drug-likeness (QED) is 0.779. The molecule has 1 aromatic rings. The Hall–Kier alpha value is -1.34. The van der Waals surface area contributed by atoms with E-state index in [0.717, 1.165) is 43.9 Å². The summed E-state index contributed by atoms with van der Waals surface area (Å²) in [5, 5.41) is 3.85. The topological polar surface area (TPSA) is 97.3 Å². The second kappa shape index (κ2) is 5.81. The van der Waals surface area contributed by atoms with Crippen LogP contribution in [0.1, 0.15) is 42.3 Å². The van der Waals surface area contributed by atoms with E-state index in [9.17, 15) is 4.79 Å². The lowest BCUT2D eigenvalue weighted by atomic mass is 9.82. The molecule has 1 aliphatic heterocycles. The van der Waals surface area contributed by atoms with Gasteiger partial charge in [0.05, 0.1) is 0 Å². The van der Waals surface area contributed by atoms with Gasteiger partial charge in [0.25, 0.3) is 5.91 Å². The molecule has 1 saturated heterocycles. The molecule has 5 N–H and O–H groups in total. The van der Waals surface area contributed by atoms with Gasteiger partial charge in [0, 0.05) is 25.2 Å². The molecule has 3 rings (SSSR count). The molecule has 6 nitrogen and oxygen atoms in total. The number of piperidine rings is 1. The molecule has 2 fully saturated rings. The van der Waals surface area contributed by atoms with Gasteiger partial charge in [0.2, 0.25) is 0 Å². The van der Waals surface area contributed by atoms with Crippen LogP contribution in [0.3, 0.4) is 0 Å². The molecule has 0 radical (unpaired) electrons. The third kappa shape index (κ3) is 3.13. The van der Waals surface area contributed by atoms with Gasteiger partial charge in [-0.15, -0.1) is 0 Å². The summed E-state index contributed by atoms with van der Waals surface area (Å²) in [6, 6.07) is 0.471. The maximum atomic E-state index is 12.3. The second-order valence-corrected chi connectivity index (χ2v) is 7.28. The third-order valence-electron chi connectivity index (χ3n) is 4.29. The maximum absolute atomic E-state index is 12.3. The second-order valence-electron chi connectivity index (χ2n) is 6.31. The van der Waals surface area contributed by atoms with E-state index < -0.39 is 0 Å². The van der Waals surface area contributed by atoms with E-state index in [1.165, 1.54) is 11.3 Å². The largest absolute Gasteiger partial charge is 0.382 e. The minimum atomic E-state index is -0.0885. The third-order valence-corrected chi connectivity index (χ3v) is 5.42. The van der Waals surface area contributed by atoms with Gasteiger partial charge in [-0.2, -0.15) is 0 Å². The first-order chi connectivity index (χ1) is 10.0. The fraction of sp³-hybridized carbons (Fsp3) is 0.714. The van der Waals surface area contributed by atoms with Gasteiger partial charge in [-0.25, -0.2) is 4.98 Å². The molecule has 0 aromatic carbocycles. The van der Waals surface area contributed by atoms with Gasteiger partial charge in [-0.1, -0.05) is 18.3 Å². The van der Waals surface area contributed by atoms with Crippen molar-refractivity contribution in [3.05, 3.63) is 4.88 Å². The fourth-order valence-corrected chi connectivity index (χ4v) is 4.00. The minimum Gasteiger partial charge on any atom is -0.382 e. The average molecular weight is 309 g/mol. The van der Waals surface area contributed by atoms with Crippen LogP contribution in [0, 0.1) is 5.92 Å². The fourth-order valence-electron chi connectivity index (χ4n) is 3.07. The Kier molecular flexibility index (Phi) is 4.03. The van der Waals surface area contributed by atoms with Crippen molar-refractivity contribution >= 4 is 28.2 Å². The number of rotatable bonds is 3. The van der Waals surface area contributed by atoms with Gasteiger partial charge in [0.15, 0.2) is 5.13 Å². The predicted molar refractivity (Wildman–Crippen MR) is 85.6 cm³/mol. The summed E-state index contributed by atoms with van der Waals surface area (Å²) in [5.74, 6) is 0.952. The standard InChI is InChI=1S/C14H23N5OS/c1-8-5-10(6-8)17-13(20)11-12(16)18-14(21-11)19-4-2-3-9(15)7-19/h8-10H,2-7,15-16H2,1H3,(H,17,20). The summed E-state index contributed by atoms with van der Waals surface area (Å²) in [7, 11) is 0. The Labute approximate surface area is 128 Å². The molecular formula is C14H23N5OS. The number of aromatic nitrogens is 1. The van der Waals surface area contributed by atoms with E-state index in [4.69, 9.17) is 11.5 Å². The highest BCUT2D eigenvalue weighted by molar-refractivity contribution is 7.18. The molecule has 21 heavy (non-hydrogen) atoms. The van der Waals surface area contributed by atoms with Crippen molar-refractivity contribution in [1.29, 1.82) is 0 Å². The number of carbonyl (C=O) groups excluding carboxylic acids is 1. The average Bonchev–Trinajstić information content (AvgIpc) is 2.79. The summed E-state index contributed by atoms with van der Waals surface area (Å²) in [6.07, 6.45) is 4.21. The van der Waals surface area contributed by atoms with Crippen LogP contribution in [0.15, 0.2) is 0 Å². The Bertz CT molecular complexity index is 525. The zero-order valence-corrected chi connectivity index (χ0v) is 13.2. The van der Waals surface area contributed by atoms with Crippen molar-refractivity contribution in [2.45, 2.75) is 44.7 Å². The van der Waals surface area contributed by atoms with E-state index >= 15 is 0 Å². The predicted octanol–water partition coefficient (Wildman–Crippen LogP) is 1.18. The number of nitrogens with one attached hydrogen (secondary N) is 1. The lowest BCUT2D eigenvalue weighted by Gasteiger charge is -2.33. The molecular weight excluding hydrogens is 286 g/mol. The summed E-state index contributed by atoms with van der Waals surface area (Å²) < 4.78 is 0. The summed E-state index contributed by atoms with van der Waals surface area (Å²) >= 11 is 1.38. The molecule has 7 heteroatoms. The van der Waals surface area contributed by atoms with Gasteiger partial charge in [-0.3, -0.25) is 4.79 Å². The highest BCUT2D eigenvalue weighted by Gasteiger charge is 2.29. The minimum absolute atomic E-state index is 0.0885. The first-order valence-electron chi connectivity index (χ1n) is 7.60. The highest BCUT2D eigenvalue weighted by atomic mass is 32.1. The maximum Gasteiger partial charge on any atom is 0.265 e. The van der Waals surface area contributed by atoms with E-state index in [1.807, 2.05) is 0 Å². The van der Waals surface area contributed by atoms with Gasteiger partial charge < -0.3 is 21.7 Å². The summed E-state index contributed by atoms with van der Waals surface area (Å²) in [5.41, 5.74) is 11.9. The number of carbonyl (C=O) groups is 1. The van der Waals surface area contributed by atoms with Crippen LogP contribution in [0.25, 0.3) is 0 Å². The molecule has 1 atom stereocenters. The van der Waals surface area contributed by atoms with Crippen molar-refractivity contribution in [2.24, 2.45) is 11.7 Å². The SMILES string of the molecule is CC1CC(NC(=O)c2sc(N3CCCC(N)C3)nc2N)C1. The number of hydrogen-bond donors (Lipinski definition) is 3. The molecule has 2 heterocycles. The van der Waals surface area contributed by atoms with Crippen LogP contribution in [0.2, 0.25) is 0 Å². The molecule has 1 aliphatic carbocycles. The van der Waals surface area contributed by atoms with Gasteiger partial charge in [0.1, 0.15) is 10.7 Å². The van der Waals surface area contributed by atoms with Crippen LogP contribution in [-0.2, 0) is 0 Å². The van der Waals surface area contributed by atoms with Gasteiger partial charge >= 0.3 is 0 Å². The first-order valence-corrected chi connectivity index (χ1v) is 8.42. The number of hydrogen-bond acceptors (Lipinski definition) is 6. The highest BCUT2D eigenvalue weighted by Crippen LogP contribution is 2.31. The van der Waals surface area contributed by atoms with Crippen molar-refractivity contribution in [2.75, 3.05) is 23.7 Å². The van der Waals surface area contributed by atoms with Crippen molar-refractivity contribution in [1.82, 2.24) is 10.3 Å². The lowest BCUT2D eigenvalue weighted by molar-refractivity contribution is 0.0901. The smallest absolute Gasteiger partial charge is 0.265 e. The van der Waals surface area contributed by atoms with Crippen LogP contribution in [0.4, 0.5) is 10.9 Å². The Morgan fingerprint density at radius 3 is 2.90 bits per heavy atom. The monoisotopic (exact) mass is 309 g/mol. The Morgan fingerprint density at radius 1 is 1.48 bits per heavy atom. The molecule has 1 amide bonds. The van der Waals surface area contributed by atoms with Crippen molar-refractivity contribution in [3.63, 3.8) is 0 Å². The van der Waals surface area contributed by atoms with Gasteiger partial charge in [-0.05, 0) is 31.6 Å². The molecule has 1 unspecified atom stereocenters. The zero-order chi connectivity index (χ0) is 15.0. The molecule has 1 saturated carbocycles. The normalized spacial score (nSPS) is 29.0. The number of nitrogen functional groups attached to an aromatic ring is 1. The zero-order valence-electron chi connectivity index (χ0n) is 12.3. The van der Waals surface area contributed by atoms with Crippen LogP contribution in [0.5, 0.6) is 0 Å². The van der Waals surface area contributed by atoms with Crippen LogP contribution < -0.4 is 21.7 Å². The number of nitrogens with two attached hydrogens (primary N) is 2. The number of nitrogens with zero attached hydrogens (tertiary/aromatic N) is 2. The summed E-state index contributed by atoms with van der Waals surface area (Å²) in [6.45, 7) is 3.91. The molecule has 0 bridgehead atoms. The van der Waals surface area contributed by atoms with Crippen molar-refractivity contribution < 1.29 is 4.79 Å². The first kappa shape index (κ1) is 14.6. The number of amides is 1. The van der Waals surface area contributed by atoms with E-state index in [0.29, 0.717) is 22.7 Å².